The van der Waals surface area contributed by atoms with Crippen molar-refractivity contribution in [2.45, 2.75) is 39.3 Å². The first-order chi connectivity index (χ1) is 12.8. The first-order valence-corrected chi connectivity index (χ1v) is 8.87. The van der Waals surface area contributed by atoms with Gasteiger partial charge in [-0.25, -0.2) is 9.78 Å². The van der Waals surface area contributed by atoms with Crippen molar-refractivity contribution >= 4 is 28.8 Å². The lowest BCUT2D eigenvalue weighted by molar-refractivity contribution is -0.384. The van der Waals surface area contributed by atoms with Gasteiger partial charge in [0.2, 0.25) is 5.95 Å². The minimum atomic E-state index is -1.03. The van der Waals surface area contributed by atoms with Gasteiger partial charge in [-0.3, -0.25) is 10.1 Å². The maximum Gasteiger partial charge on any atom is 0.404 e. The van der Waals surface area contributed by atoms with E-state index in [-0.39, 0.29) is 11.7 Å². The summed E-state index contributed by atoms with van der Waals surface area (Å²) in [7, 11) is 0. The fourth-order valence-electron chi connectivity index (χ4n) is 3.37. The van der Waals surface area contributed by atoms with Gasteiger partial charge in [0, 0.05) is 37.8 Å². The number of carbonyl (C=O) groups is 1. The van der Waals surface area contributed by atoms with E-state index < -0.39 is 11.0 Å². The summed E-state index contributed by atoms with van der Waals surface area (Å²) in [4.78, 5) is 28.3. The number of nitrogens with zero attached hydrogens (tertiary/aromatic N) is 4. The van der Waals surface area contributed by atoms with E-state index >= 15 is 0 Å². The van der Waals surface area contributed by atoms with Crippen molar-refractivity contribution in [1.82, 2.24) is 14.9 Å². The number of carboxylic acid groups (broad SMARTS) is 1. The molecule has 0 aliphatic carbocycles. The van der Waals surface area contributed by atoms with Crippen molar-refractivity contribution in [3.05, 3.63) is 40.0 Å². The quantitative estimate of drug-likeness (QED) is 0.473. The molecule has 1 aliphatic heterocycles. The Morgan fingerprint density at radius 2 is 2.26 bits per heavy atom. The lowest BCUT2D eigenvalue weighted by Crippen LogP contribution is -2.48. The summed E-state index contributed by atoms with van der Waals surface area (Å²) in [6, 6.07) is 4.52. The third-order valence-electron chi connectivity index (χ3n) is 4.64. The van der Waals surface area contributed by atoms with Crippen molar-refractivity contribution in [3.8, 4) is 0 Å². The number of nitrogens with one attached hydrogen (secondary N) is 1. The molecule has 2 N–H and O–H groups in total. The number of nitro groups is 1. The summed E-state index contributed by atoms with van der Waals surface area (Å²) in [5.41, 5.74) is 2.55. The summed E-state index contributed by atoms with van der Waals surface area (Å²) in [5.74, 6) is 0.708. The Bertz CT molecular complexity index is 901. The monoisotopic (exact) mass is 373 g/mol. The Morgan fingerprint density at radius 3 is 2.93 bits per heavy atom. The summed E-state index contributed by atoms with van der Waals surface area (Å²) in [6.45, 7) is 5.90. The van der Waals surface area contributed by atoms with Gasteiger partial charge in [-0.2, -0.15) is 0 Å². The number of hydrogen-bond acceptors (Lipinski definition) is 5. The van der Waals surface area contributed by atoms with Crippen LogP contribution in [0.4, 0.5) is 16.4 Å². The number of allylic oxidation sites excluding steroid dienone is 2. The first kappa shape index (κ1) is 18.7. The van der Waals surface area contributed by atoms with Crippen LogP contribution in [0.2, 0.25) is 0 Å². The highest BCUT2D eigenvalue weighted by Gasteiger charge is 2.25. The maximum atomic E-state index is 11.1. The summed E-state index contributed by atoms with van der Waals surface area (Å²) in [6.07, 6.45) is 2.66. The molecular weight excluding hydrogens is 350 g/mol. The number of nitro benzene ring substituents is 1. The molecule has 2 aromatic rings. The highest BCUT2D eigenvalue weighted by Crippen LogP contribution is 2.28. The molecule has 1 atom stereocenters. The van der Waals surface area contributed by atoms with Crippen LogP contribution in [0.1, 0.15) is 26.7 Å². The zero-order valence-corrected chi connectivity index (χ0v) is 15.4. The Kier molecular flexibility index (Phi) is 5.29. The largest absolute Gasteiger partial charge is 0.465 e. The number of anilines is 1. The van der Waals surface area contributed by atoms with E-state index in [1.165, 1.54) is 12.1 Å². The third kappa shape index (κ3) is 4.18. The Morgan fingerprint density at radius 1 is 1.48 bits per heavy atom. The van der Waals surface area contributed by atoms with Crippen LogP contribution in [0.25, 0.3) is 11.0 Å². The number of fused-ring (bicyclic) bond motifs is 1. The third-order valence-corrected chi connectivity index (χ3v) is 4.64. The molecule has 9 nitrogen and oxygen atoms in total. The molecular formula is C18H23N5O4. The number of non-ortho nitro benzene ring substituents is 1. The van der Waals surface area contributed by atoms with Crippen molar-refractivity contribution < 1.29 is 14.8 Å². The van der Waals surface area contributed by atoms with Crippen molar-refractivity contribution in [3.63, 3.8) is 0 Å². The maximum absolute atomic E-state index is 11.1. The van der Waals surface area contributed by atoms with Gasteiger partial charge in [-0.15, -0.1) is 0 Å². The number of imidazole rings is 1. The average Bonchev–Trinajstić information content (AvgIpc) is 2.97. The van der Waals surface area contributed by atoms with Crippen molar-refractivity contribution in [2.75, 3.05) is 18.0 Å². The standard InChI is InChI=1S/C18H23N5O4/c1-12(2)7-9-22-16-6-5-14(23(26)27)10-15(16)20-17(22)21-8-3-4-13(11-21)19-18(24)25/h5-7,10,13,19H,3-4,8-9,11H2,1-2H3,(H,24,25)/t13-/m1/s1. The van der Waals surface area contributed by atoms with Crippen LogP contribution in [0.3, 0.4) is 0 Å². The number of aromatic nitrogens is 2. The van der Waals surface area contributed by atoms with E-state index in [1.54, 1.807) is 6.07 Å². The normalized spacial score (nSPS) is 17.0. The predicted molar refractivity (Wildman–Crippen MR) is 102 cm³/mol. The summed E-state index contributed by atoms with van der Waals surface area (Å²) in [5, 5.41) is 22.6. The zero-order chi connectivity index (χ0) is 19.6. The fourth-order valence-corrected chi connectivity index (χ4v) is 3.37. The number of amides is 1. The molecule has 0 unspecified atom stereocenters. The molecule has 3 rings (SSSR count). The second kappa shape index (κ2) is 7.65. The number of hydrogen-bond donors (Lipinski definition) is 2. The highest BCUT2D eigenvalue weighted by molar-refractivity contribution is 5.81. The lowest BCUT2D eigenvalue weighted by atomic mass is 10.1. The van der Waals surface area contributed by atoms with Gasteiger partial charge in [0.25, 0.3) is 5.69 Å². The Hall–Kier alpha value is -3.10. The minimum absolute atomic E-state index is 0.00461. The predicted octanol–water partition coefficient (Wildman–Crippen LogP) is 3.15. The second-order valence-corrected chi connectivity index (χ2v) is 6.97. The number of benzene rings is 1. The van der Waals surface area contributed by atoms with Gasteiger partial charge in [0.1, 0.15) is 0 Å². The van der Waals surface area contributed by atoms with Gasteiger partial charge in [-0.1, -0.05) is 11.6 Å². The van der Waals surface area contributed by atoms with Crippen LogP contribution < -0.4 is 10.2 Å². The molecule has 9 heteroatoms. The van der Waals surface area contributed by atoms with E-state index in [4.69, 9.17) is 5.11 Å². The molecule has 1 saturated heterocycles. The Balaban J connectivity index is 2.01. The van der Waals surface area contributed by atoms with Gasteiger partial charge < -0.3 is 19.9 Å². The van der Waals surface area contributed by atoms with Crippen LogP contribution in [-0.2, 0) is 6.54 Å². The molecule has 1 aromatic carbocycles. The van der Waals surface area contributed by atoms with Crippen LogP contribution in [0, 0.1) is 10.1 Å². The molecule has 1 fully saturated rings. The Labute approximate surface area is 156 Å². The first-order valence-electron chi connectivity index (χ1n) is 8.87. The van der Waals surface area contributed by atoms with Crippen LogP contribution in [-0.4, -0.2) is 44.8 Å². The van der Waals surface area contributed by atoms with Crippen LogP contribution >= 0.6 is 0 Å². The van der Waals surface area contributed by atoms with E-state index in [1.807, 2.05) is 18.4 Å². The van der Waals surface area contributed by atoms with Crippen molar-refractivity contribution in [2.24, 2.45) is 0 Å². The van der Waals surface area contributed by atoms with E-state index in [0.29, 0.717) is 24.6 Å². The van der Waals surface area contributed by atoms with Gasteiger partial charge >= 0.3 is 6.09 Å². The molecule has 1 aromatic heterocycles. The average molecular weight is 373 g/mol. The van der Waals surface area contributed by atoms with Crippen molar-refractivity contribution in [1.29, 1.82) is 0 Å². The molecule has 0 bridgehead atoms. The van der Waals surface area contributed by atoms with Gasteiger partial charge in [0.15, 0.2) is 0 Å². The molecule has 1 aliphatic rings. The summed E-state index contributed by atoms with van der Waals surface area (Å²) < 4.78 is 2.02. The fraction of sp³-hybridized carbons (Fsp3) is 0.444. The highest BCUT2D eigenvalue weighted by atomic mass is 16.6. The molecule has 144 valence electrons. The lowest BCUT2D eigenvalue weighted by Gasteiger charge is -2.33. The minimum Gasteiger partial charge on any atom is -0.465 e. The topological polar surface area (TPSA) is 114 Å². The molecule has 0 spiro atoms. The molecule has 0 radical (unpaired) electrons. The zero-order valence-electron chi connectivity index (χ0n) is 15.4. The number of rotatable bonds is 5. The van der Waals surface area contributed by atoms with Gasteiger partial charge in [0.05, 0.1) is 16.0 Å². The van der Waals surface area contributed by atoms with Crippen LogP contribution in [0.5, 0.6) is 0 Å². The molecule has 27 heavy (non-hydrogen) atoms. The molecule has 2 heterocycles. The number of piperidine rings is 1. The van der Waals surface area contributed by atoms with Gasteiger partial charge in [-0.05, 0) is 32.8 Å². The van der Waals surface area contributed by atoms with E-state index in [0.717, 1.165) is 30.5 Å². The molecule has 0 saturated carbocycles. The SMILES string of the molecule is CC(C)=CCn1c(N2CCC[C@@H](NC(=O)O)C2)nc2cc([N+](=O)[O-])ccc21. The second-order valence-electron chi connectivity index (χ2n) is 6.97. The van der Waals surface area contributed by atoms with E-state index in [2.05, 4.69) is 21.3 Å². The smallest absolute Gasteiger partial charge is 0.404 e. The van der Waals surface area contributed by atoms with E-state index in [9.17, 15) is 14.9 Å². The summed E-state index contributed by atoms with van der Waals surface area (Å²) >= 11 is 0. The van der Waals surface area contributed by atoms with Crippen LogP contribution in [0.15, 0.2) is 29.8 Å². The molecule has 1 amide bonds.